The van der Waals surface area contributed by atoms with Crippen molar-refractivity contribution >= 4 is 17.7 Å². The maximum absolute atomic E-state index is 12.0. The van der Waals surface area contributed by atoms with Gasteiger partial charge < -0.3 is 5.32 Å². The third kappa shape index (κ3) is 5.14. The van der Waals surface area contributed by atoms with E-state index in [0.717, 1.165) is 28.9 Å². The van der Waals surface area contributed by atoms with Gasteiger partial charge in [-0.2, -0.15) is 0 Å². The molecule has 0 bridgehead atoms. The molecule has 6 heteroatoms. The third-order valence-corrected chi connectivity index (χ3v) is 4.95. The van der Waals surface area contributed by atoms with E-state index in [0.29, 0.717) is 5.16 Å². The van der Waals surface area contributed by atoms with Crippen LogP contribution in [0.25, 0.3) is 22.5 Å². The Morgan fingerprint density at radius 3 is 2.15 bits per heavy atom. The van der Waals surface area contributed by atoms with Gasteiger partial charge in [0.15, 0.2) is 0 Å². The van der Waals surface area contributed by atoms with Crippen LogP contribution in [0.2, 0.25) is 0 Å². The fourth-order valence-corrected chi connectivity index (χ4v) is 3.11. The van der Waals surface area contributed by atoms with E-state index in [4.69, 9.17) is 4.98 Å². The summed E-state index contributed by atoms with van der Waals surface area (Å²) in [6.45, 7) is 4.03. The molecule has 0 radical (unpaired) electrons. The van der Waals surface area contributed by atoms with Crippen molar-refractivity contribution in [3.8, 4) is 22.5 Å². The molecule has 0 spiro atoms. The number of amides is 1. The van der Waals surface area contributed by atoms with Gasteiger partial charge in [0.05, 0.1) is 5.75 Å². The minimum Gasteiger partial charge on any atom is -0.353 e. The highest BCUT2D eigenvalue weighted by molar-refractivity contribution is 7.99. The highest BCUT2D eigenvalue weighted by Crippen LogP contribution is 2.29. The number of rotatable bonds is 7. The number of aromatic nitrogens is 3. The largest absolute Gasteiger partial charge is 0.353 e. The lowest BCUT2D eigenvalue weighted by atomic mass is 10.0. The van der Waals surface area contributed by atoms with Gasteiger partial charge in [-0.05, 0) is 13.3 Å². The molecule has 0 aliphatic carbocycles. The fourth-order valence-electron chi connectivity index (χ4n) is 2.51. The molecular formula is C21H22N4OS. The summed E-state index contributed by atoms with van der Waals surface area (Å²) in [5.41, 5.74) is 3.43. The number of carbonyl (C=O) groups excluding carboxylic acids is 1. The van der Waals surface area contributed by atoms with Crippen molar-refractivity contribution in [2.24, 2.45) is 0 Å². The number of hydrogen-bond donors (Lipinski definition) is 1. The second kappa shape index (κ2) is 9.28. The summed E-state index contributed by atoms with van der Waals surface area (Å²) in [5, 5.41) is 12.1. The average Bonchev–Trinajstić information content (AvgIpc) is 2.73. The van der Waals surface area contributed by atoms with Gasteiger partial charge in [-0.15, -0.1) is 10.2 Å². The maximum Gasteiger partial charge on any atom is 0.230 e. The molecule has 0 aliphatic rings. The molecule has 3 rings (SSSR count). The molecule has 0 fully saturated rings. The molecule has 1 heterocycles. The molecule has 3 aromatic rings. The topological polar surface area (TPSA) is 67.8 Å². The normalized spacial score (nSPS) is 11.8. The number of nitrogens with one attached hydrogen (secondary N) is 1. The Balaban J connectivity index is 1.87. The van der Waals surface area contributed by atoms with E-state index in [1.807, 2.05) is 74.5 Å². The predicted octanol–water partition coefficient (Wildman–Crippen LogP) is 4.21. The molecule has 0 aliphatic heterocycles. The molecule has 0 saturated heterocycles. The smallest absolute Gasteiger partial charge is 0.230 e. The summed E-state index contributed by atoms with van der Waals surface area (Å²) >= 11 is 1.30. The van der Waals surface area contributed by atoms with Gasteiger partial charge in [-0.25, -0.2) is 4.98 Å². The highest BCUT2D eigenvalue weighted by atomic mass is 32.2. The number of thioether (sulfide) groups is 1. The van der Waals surface area contributed by atoms with Crippen LogP contribution in [0.3, 0.4) is 0 Å². The first-order chi connectivity index (χ1) is 13.2. The summed E-state index contributed by atoms with van der Waals surface area (Å²) < 4.78 is 0. The number of hydrogen-bond acceptors (Lipinski definition) is 5. The third-order valence-electron chi connectivity index (χ3n) is 4.11. The zero-order chi connectivity index (χ0) is 19.1. The van der Waals surface area contributed by atoms with E-state index in [9.17, 15) is 4.79 Å². The molecule has 0 unspecified atom stereocenters. The minimum atomic E-state index is -0.0219. The van der Waals surface area contributed by atoms with Crippen molar-refractivity contribution in [3.63, 3.8) is 0 Å². The molecule has 0 saturated carbocycles. The van der Waals surface area contributed by atoms with Gasteiger partial charge in [0, 0.05) is 17.2 Å². The number of nitrogens with zero attached hydrogens (tertiary/aromatic N) is 3. The van der Waals surface area contributed by atoms with Crippen LogP contribution in [-0.4, -0.2) is 32.9 Å². The first kappa shape index (κ1) is 19.0. The van der Waals surface area contributed by atoms with Crippen LogP contribution in [-0.2, 0) is 4.79 Å². The van der Waals surface area contributed by atoms with E-state index in [2.05, 4.69) is 15.5 Å². The van der Waals surface area contributed by atoms with Gasteiger partial charge in [0.1, 0.15) is 11.4 Å². The van der Waals surface area contributed by atoms with E-state index in [1.54, 1.807) is 0 Å². The number of benzene rings is 2. The lowest BCUT2D eigenvalue weighted by molar-refractivity contribution is -0.119. The molecule has 5 nitrogen and oxygen atoms in total. The van der Waals surface area contributed by atoms with Gasteiger partial charge in [-0.3, -0.25) is 4.79 Å². The van der Waals surface area contributed by atoms with Crippen molar-refractivity contribution in [2.75, 3.05) is 5.75 Å². The fraction of sp³-hybridized carbons (Fsp3) is 0.238. The SMILES string of the molecule is CC[C@H](C)NC(=O)CSc1nnc(-c2ccccc2)c(-c2ccccc2)n1. The molecular weight excluding hydrogens is 356 g/mol. The molecule has 1 atom stereocenters. The standard InChI is InChI=1S/C21H22N4OS/c1-3-15(2)22-18(26)14-27-21-23-19(16-10-6-4-7-11-16)20(24-25-21)17-12-8-5-9-13-17/h4-13,15H,3,14H2,1-2H3,(H,22,26)/t15-/m0/s1. The minimum absolute atomic E-state index is 0.0219. The van der Waals surface area contributed by atoms with Crippen molar-refractivity contribution in [2.45, 2.75) is 31.5 Å². The summed E-state index contributed by atoms with van der Waals surface area (Å²) in [5.74, 6) is 0.247. The predicted molar refractivity (Wildman–Crippen MR) is 109 cm³/mol. The summed E-state index contributed by atoms with van der Waals surface area (Å²) in [6.07, 6.45) is 0.901. The van der Waals surface area contributed by atoms with Gasteiger partial charge >= 0.3 is 0 Å². The van der Waals surface area contributed by atoms with Gasteiger partial charge in [-0.1, -0.05) is 79.3 Å². The second-order valence-electron chi connectivity index (χ2n) is 6.19. The van der Waals surface area contributed by atoms with Crippen LogP contribution in [0.4, 0.5) is 0 Å². The lowest BCUT2D eigenvalue weighted by Crippen LogP contribution is -2.33. The van der Waals surface area contributed by atoms with E-state index in [1.165, 1.54) is 11.8 Å². The van der Waals surface area contributed by atoms with Crippen LogP contribution in [0.5, 0.6) is 0 Å². The van der Waals surface area contributed by atoms with E-state index in [-0.39, 0.29) is 17.7 Å². The summed E-state index contributed by atoms with van der Waals surface area (Å²) in [4.78, 5) is 16.7. The monoisotopic (exact) mass is 378 g/mol. The van der Waals surface area contributed by atoms with Gasteiger partial charge in [0.25, 0.3) is 0 Å². The Morgan fingerprint density at radius 2 is 1.56 bits per heavy atom. The van der Waals surface area contributed by atoms with Crippen LogP contribution >= 0.6 is 11.8 Å². The van der Waals surface area contributed by atoms with Crippen molar-refractivity contribution in [3.05, 3.63) is 60.7 Å². The Labute approximate surface area is 163 Å². The first-order valence-corrected chi connectivity index (χ1v) is 9.93. The van der Waals surface area contributed by atoms with Gasteiger partial charge in [0.2, 0.25) is 11.1 Å². The molecule has 1 amide bonds. The molecule has 1 N–H and O–H groups in total. The Kier molecular flexibility index (Phi) is 6.54. The molecule has 27 heavy (non-hydrogen) atoms. The zero-order valence-electron chi connectivity index (χ0n) is 15.4. The second-order valence-corrected chi connectivity index (χ2v) is 7.13. The Morgan fingerprint density at radius 1 is 0.963 bits per heavy atom. The molecule has 2 aromatic carbocycles. The van der Waals surface area contributed by atoms with Crippen molar-refractivity contribution < 1.29 is 4.79 Å². The van der Waals surface area contributed by atoms with Crippen molar-refractivity contribution in [1.29, 1.82) is 0 Å². The molecule has 138 valence electrons. The lowest BCUT2D eigenvalue weighted by Gasteiger charge is -2.11. The highest BCUT2D eigenvalue weighted by Gasteiger charge is 2.15. The van der Waals surface area contributed by atoms with E-state index >= 15 is 0 Å². The van der Waals surface area contributed by atoms with Crippen molar-refractivity contribution in [1.82, 2.24) is 20.5 Å². The summed E-state index contributed by atoms with van der Waals surface area (Å²) in [7, 11) is 0. The average molecular weight is 379 g/mol. The zero-order valence-corrected chi connectivity index (χ0v) is 16.2. The molecule has 1 aromatic heterocycles. The first-order valence-electron chi connectivity index (χ1n) is 8.95. The Hall–Kier alpha value is -2.73. The summed E-state index contributed by atoms with van der Waals surface area (Å²) in [6, 6.07) is 20.0. The Bertz CT molecular complexity index is 887. The van der Waals surface area contributed by atoms with E-state index < -0.39 is 0 Å². The van der Waals surface area contributed by atoms with Crippen LogP contribution in [0.1, 0.15) is 20.3 Å². The number of carbonyl (C=O) groups is 1. The van der Waals surface area contributed by atoms with Crippen LogP contribution in [0, 0.1) is 0 Å². The maximum atomic E-state index is 12.0. The van der Waals surface area contributed by atoms with Crippen LogP contribution < -0.4 is 5.32 Å². The van der Waals surface area contributed by atoms with Crippen LogP contribution in [0.15, 0.2) is 65.8 Å². The quantitative estimate of drug-likeness (QED) is 0.624.